The number of rotatable bonds is 13. The molecule has 1 aliphatic rings. The standard InChI is InChI=1S/C12H26O4S.C5H10.C3H6O2/c1-2-3-4-5-6-7-8-9-10-11-12-16-17(13,14)15;1-2-4-5-3-1;1-2-3(4)5/h2-12H2,1H3,(H,13,14,15);1-5H2;2H2,1H3,(H,4,5). The lowest BCUT2D eigenvalue weighted by atomic mass is 10.1. The summed E-state index contributed by atoms with van der Waals surface area (Å²) in [6, 6.07) is 0. The smallest absolute Gasteiger partial charge is 0.397 e. The Morgan fingerprint density at radius 3 is 1.41 bits per heavy atom. The highest BCUT2D eigenvalue weighted by Crippen LogP contribution is 2.15. The Hall–Kier alpha value is -0.660. The van der Waals surface area contributed by atoms with E-state index in [0.29, 0.717) is 6.42 Å². The molecule has 0 aromatic heterocycles. The van der Waals surface area contributed by atoms with Crippen molar-refractivity contribution in [2.75, 3.05) is 6.61 Å². The van der Waals surface area contributed by atoms with Gasteiger partial charge in [-0.2, -0.15) is 8.42 Å². The van der Waals surface area contributed by atoms with E-state index in [0.717, 1.165) is 12.8 Å². The molecule has 0 amide bonds. The average molecular weight is 411 g/mol. The summed E-state index contributed by atoms with van der Waals surface area (Å²) >= 11 is 0. The number of unbranched alkanes of at least 4 members (excludes halogenated alkanes) is 9. The van der Waals surface area contributed by atoms with Crippen molar-refractivity contribution >= 4 is 16.4 Å². The zero-order valence-electron chi connectivity index (χ0n) is 17.5. The largest absolute Gasteiger partial charge is 0.481 e. The Morgan fingerprint density at radius 2 is 1.11 bits per heavy atom. The Morgan fingerprint density at radius 1 is 0.778 bits per heavy atom. The summed E-state index contributed by atoms with van der Waals surface area (Å²) in [5.74, 6) is -0.745. The maximum absolute atomic E-state index is 10.2. The van der Waals surface area contributed by atoms with E-state index >= 15 is 0 Å². The first kappa shape index (κ1) is 28.5. The zero-order valence-corrected chi connectivity index (χ0v) is 18.3. The normalized spacial score (nSPS) is 13.3. The number of hydrogen-bond acceptors (Lipinski definition) is 4. The van der Waals surface area contributed by atoms with Crippen LogP contribution in [0.1, 0.15) is 117 Å². The van der Waals surface area contributed by atoms with Crippen LogP contribution in [0.2, 0.25) is 0 Å². The van der Waals surface area contributed by atoms with Crippen LogP contribution in [0.5, 0.6) is 0 Å². The third kappa shape index (κ3) is 33.4. The van der Waals surface area contributed by atoms with Crippen LogP contribution in [0.4, 0.5) is 0 Å². The maximum atomic E-state index is 10.2. The monoisotopic (exact) mass is 410 g/mol. The number of carboxylic acids is 1. The summed E-state index contributed by atoms with van der Waals surface area (Å²) in [4.78, 5) is 9.37. The summed E-state index contributed by atoms with van der Waals surface area (Å²) in [5.41, 5.74) is 0. The fourth-order valence-electron chi connectivity index (χ4n) is 2.64. The molecule has 0 heterocycles. The molecule has 0 aromatic carbocycles. The van der Waals surface area contributed by atoms with Gasteiger partial charge in [0.05, 0.1) is 6.61 Å². The minimum atomic E-state index is -4.23. The Kier molecular flexibility index (Phi) is 22.9. The highest BCUT2D eigenvalue weighted by atomic mass is 32.3. The van der Waals surface area contributed by atoms with Gasteiger partial charge in [-0.25, -0.2) is 4.18 Å². The van der Waals surface area contributed by atoms with Gasteiger partial charge in [0.15, 0.2) is 0 Å². The van der Waals surface area contributed by atoms with Gasteiger partial charge in [0.1, 0.15) is 0 Å². The van der Waals surface area contributed by atoms with E-state index < -0.39 is 16.4 Å². The highest BCUT2D eigenvalue weighted by molar-refractivity contribution is 7.80. The molecule has 0 aromatic rings. The molecule has 0 atom stereocenters. The van der Waals surface area contributed by atoms with Crippen molar-refractivity contribution in [1.82, 2.24) is 0 Å². The van der Waals surface area contributed by atoms with Gasteiger partial charge in [-0.3, -0.25) is 9.35 Å². The molecule has 1 aliphatic carbocycles. The number of carboxylic acid groups (broad SMARTS) is 1. The van der Waals surface area contributed by atoms with Gasteiger partial charge in [0.2, 0.25) is 0 Å². The molecule has 0 aliphatic heterocycles. The molecule has 6 nitrogen and oxygen atoms in total. The van der Waals surface area contributed by atoms with Crippen molar-refractivity contribution in [3.63, 3.8) is 0 Å². The van der Waals surface area contributed by atoms with Crippen LogP contribution in [0.25, 0.3) is 0 Å². The van der Waals surface area contributed by atoms with Crippen LogP contribution in [0.3, 0.4) is 0 Å². The molecule has 0 bridgehead atoms. The second-order valence-electron chi connectivity index (χ2n) is 6.95. The molecule has 1 rings (SSSR count). The van der Waals surface area contributed by atoms with Crippen molar-refractivity contribution < 1.29 is 27.1 Å². The minimum Gasteiger partial charge on any atom is -0.481 e. The Labute approximate surface area is 167 Å². The molecule has 2 N–H and O–H groups in total. The van der Waals surface area contributed by atoms with Gasteiger partial charge in [-0.15, -0.1) is 0 Å². The quantitative estimate of drug-likeness (QED) is 0.278. The molecule has 0 unspecified atom stereocenters. The van der Waals surface area contributed by atoms with Crippen LogP contribution in [-0.4, -0.2) is 30.7 Å². The van der Waals surface area contributed by atoms with E-state index in [-0.39, 0.29) is 13.0 Å². The number of carbonyl (C=O) groups is 1. The zero-order chi connectivity index (χ0) is 20.8. The van der Waals surface area contributed by atoms with Gasteiger partial charge in [-0.05, 0) is 6.42 Å². The number of aliphatic carboxylic acids is 1. The summed E-state index contributed by atoms with van der Waals surface area (Å²) in [5, 5.41) is 7.72. The van der Waals surface area contributed by atoms with Crippen LogP contribution in [0.15, 0.2) is 0 Å². The fourth-order valence-corrected chi connectivity index (χ4v) is 2.97. The summed E-state index contributed by atoms with van der Waals surface area (Å²) < 4.78 is 33.0. The fraction of sp³-hybridized carbons (Fsp3) is 0.950. The van der Waals surface area contributed by atoms with E-state index in [4.69, 9.17) is 9.66 Å². The molecule has 7 heteroatoms. The number of hydrogen-bond donors (Lipinski definition) is 2. The predicted octanol–water partition coefficient (Wildman–Crippen LogP) is 6.16. The average Bonchev–Trinajstić information content (AvgIpc) is 3.19. The summed E-state index contributed by atoms with van der Waals surface area (Å²) in [7, 11) is -4.23. The van der Waals surface area contributed by atoms with Gasteiger partial charge < -0.3 is 5.11 Å². The topological polar surface area (TPSA) is 101 Å². The first-order chi connectivity index (χ1) is 12.8. The van der Waals surface area contributed by atoms with E-state index in [9.17, 15) is 13.2 Å². The van der Waals surface area contributed by atoms with Gasteiger partial charge >= 0.3 is 16.4 Å². The van der Waals surface area contributed by atoms with Crippen LogP contribution in [-0.2, 0) is 19.4 Å². The lowest BCUT2D eigenvalue weighted by molar-refractivity contribution is -0.136. The van der Waals surface area contributed by atoms with E-state index in [1.165, 1.54) is 77.0 Å². The molecule has 1 saturated carbocycles. The van der Waals surface area contributed by atoms with Crippen LogP contribution >= 0.6 is 0 Å². The lowest BCUT2D eigenvalue weighted by Gasteiger charge is -2.02. The predicted molar refractivity (Wildman–Crippen MR) is 110 cm³/mol. The minimum absolute atomic E-state index is 0.0926. The van der Waals surface area contributed by atoms with E-state index in [2.05, 4.69) is 11.1 Å². The van der Waals surface area contributed by atoms with Gasteiger partial charge in [-0.1, -0.05) is 104 Å². The molecule has 27 heavy (non-hydrogen) atoms. The first-order valence-electron chi connectivity index (χ1n) is 10.7. The van der Waals surface area contributed by atoms with Gasteiger partial charge in [0.25, 0.3) is 0 Å². The third-order valence-corrected chi connectivity index (χ3v) is 4.75. The molecular formula is C20H42O6S. The van der Waals surface area contributed by atoms with Crippen LogP contribution in [0, 0.1) is 0 Å². The highest BCUT2D eigenvalue weighted by Gasteiger charge is 2.02. The Bertz CT molecular complexity index is 397. The third-order valence-electron chi connectivity index (χ3n) is 4.28. The van der Waals surface area contributed by atoms with E-state index in [1.54, 1.807) is 6.92 Å². The second-order valence-corrected chi connectivity index (χ2v) is 8.04. The molecular weight excluding hydrogens is 368 g/mol. The molecule has 1 fully saturated rings. The van der Waals surface area contributed by atoms with Crippen molar-refractivity contribution in [2.45, 2.75) is 117 Å². The molecule has 0 spiro atoms. The van der Waals surface area contributed by atoms with Crippen LogP contribution < -0.4 is 0 Å². The van der Waals surface area contributed by atoms with E-state index in [1.807, 2.05) is 0 Å². The second kappa shape index (κ2) is 21.6. The molecule has 0 radical (unpaired) electrons. The molecule has 164 valence electrons. The van der Waals surface area contributed by atoms with Crippen molar-refractivity contribution in [3.05, 3.63) is 0 Å². The summed E-state index contributed by atoms with van der Waals surface area (Å²) in [6.07, 6.45) is 19.6. The van der Waals surface area contributed by atoms with Crippen molar-refractivity contribution in [1.29, 1.82) is 0 Å². The maximum Gasteiger partial charge on any atom is 0.397 e. The SMILES string of the molecule is C1CCCC1.CCC(=O)O.CCCCCCCCCCCCOS(=O)(=O)O. The molecule has 0 saturated heterocycles. The summed E-state index contributed by atoms with van der Waals surface area (Å²) in [6.45, 7) is 3.91. The van der Waals surface area contributed by atoms with Crippen molar-refractivity contribution in [2.24, 2.45) is 0 Å². The van der Waals surface area contributed by atoms with Gasteiger partial charge in [0, 0.05) is 6.42 Å². The van der Waals surface area contributed by atoms with Crippen molar-refractivity contribution in [3.8, 4) is 0 Å². The lowest BCUT2D eigenvalue weighted by Crippen LogP contribution is -2.04. The first-order valence-corrected chi connectivity index (χ1v) is 12.0. The Balaban J connectivity index is 0.